The summed E-state index contributed by atoms with van der Waals surface area (Å²) in [6.07, 6.45) is 0.289. The van der Waals surface area contributed by atoms with E-state index in [1.165, 1.54) is 12.3 Å². The minimum atomic E-state index is -1.18. The standard InChI is InChI=1S/C6H5FN2O2/c7-11-6(10)9-5-3-1-2-4-8-5/h1-4H,(H,8,9,10). The molecule has 1 heterocycles. The van der Waals surface area contributed by atoms with Crippen molar-refractivity contribution >= 4 is 11.9 Å². The second kappa shape index (κ2) is 3.50. The molecule has 11 heavy (non-hydrogen) atoms. The van der Waals surface area contributed by atoms with Crippen LogP contribution < -0.4 is 5.32 Å². The van der Waals surface area contributed by atoms with Crippen molar-refractivity contribution in [2.75, 3.05) is 5.32 Å². The van der Waals surface area contributed by atoms with Crippen LogP contribution in [0.5, 0.6) is 0 Å². The van der Waals surface area contributed by atoms with Crippen LogP contribution in [0.15, 0.2) is 24.4 Å². The Labute approximate surface area is 61.9 Å². The zero-order chi connectivity index (χ0) is 8.10. The summed E-state index contributed by atoms with van der Waals surface area (Å²) < 4.78 is 11.1. The van der Waals surface area contributed by atoms with Crippen molar-refractivity contribution in [3.8, 4) is 0 Å². The molecule has 0 fully saturated rings. The molecule has 0 aliphatic heterocycles. The summed E-state index contributed by atoms with van der Waals surface area (Å²) in [4.78, 5) is 16.8. The van der Waals surface area contributed by atoms with Gasteiger partial charge in [0.2, 0.25) is 0 Å². The van der Waals surface area contributed by atoms with Crippen molar-refractivity contribution in [1.29, 1.82) is 0 Å². The van der Waals surface area contributed by atoms with Gasteiger partial charge in [0.25, 0.3) is 0 Å². The lowest BCUT2D eigenvalue weighted by Crippen LogP contribution is -2.09. The molecule has 1 N–H and O–H groups in total. The van der Waals surface area contributed by atoms with Crippen LogP contribution in [-0.4, -0.2) is 11.1 Å². The first-order valence-electron chi connectivity index (χ1n) is 2.83. The summed E-state index contributed by atoms with van der Waals surface area (Å²) in [6.45, 7) is 0. The van der Waals surface area contributed by atoms with Gasteiger partial charge in [-0.15, -0.1) is 0 Å². The molecule has 1 amide bonds. The molecular formula is C6H5FN2O2. The lowest BCUT2D eigenvalue weighted by molar-refractivity contribution is -0.0544. The first-order valence-corrected chi connectivity index (χ1v) is 2.83. The Morgan fingerprint density at radius 3 is 3.00 bits per heavy atom. The van der Waals surface area contributed by atoms with E-state index < -0.39 is 6.09 Å². The Balaban J connectivity index is 2.58. The molecule has 0 radical (unpaired) electrons. The van der Waals surface area contributed by atoms with E-state index >= 15 is 0 Å². The van der Waals surface area contributed by atoms with Gasteiger partial charge in [-0.1, -0.05) is 6.07 Å². The maximum Gasteiger partial charge on any atom is 0.450 e. The number of nitrogens with one attached hydrogen (secondary N) is 1. The van der Waals surface area contributed by atoms with Crippen molar-refractivity contribution in [1.82, 2.24) is 4.98 Å². The van der Waals surface area contributed by atoms with Crippen molar-refractivity contribution in [3.05, 3.63) is 24.4 Å². The van der Waals surface area contributed by atoms with Gasteiger partial charge in [-0.05, 0) is 12.1 Å². The molecule has 0 atom stereocenters. The zero-order valence-corrected chi connectivity index (χ0v) is 5.45. The molecule has 0 aromatic carbocycles. The molecule has 1 aromatic heterocycles. The third-order valence-electron chi connectivity index (χ3n) is 0.965. The van der Waals surface area contributed by atoms with Gasteiger partial charge in [0.15, 0.2) is 0 Å². The molecule has 0 spiro atoms. The fraction of sp³-hybridized carbons (Fsp3) is 0. The van der Waals surface area contributed by atoms with Crippen molar-refractivity contribution in [3.63, 3.8) is 0 Å². The monoisotopic (exact) mass is 156 g/mol. The van der Waals surface area contributed by atoms with Crippen LogP contribution in [0.4, 0.5) is 15.1 Å². The number of anilines is 1. The van der Waals surface area contributed by atoms with E-state index in [4.69, 9.17) is 0 Å². The number of hydrogen-bond donors (Lipinski definition) is 1. The van der Waals surface area contributed by atoms with Crippen LogP contribution in [-0.2, 0) is 4.94 Å². The fourth-order valence-corrected chi connectivity index (χ4v) is 0.561. The third-order valence-corrected chi connectivity index (χ3v) is 0.965. The van der Waals surface area contributed by atoms with Crippen molar-refractivity contribution < 1.29 is 14.3 Å². The van der Waals surface area contributed by atoms with Gasteiger partial charge >= 0.3 is 6.09 Å². The predicted octanol–water partition coefficient (Wildman–Crippen LogP) is 1.51. The zero-order valence-electron chi connectivity index (χ0n) is 5.45. The highest BCUT2D eigenvalue weighted by Crippen LogP contribution is 1.99. The fourth-order valence-electron chi connectivity index (χ4n) is 0.561. The minimum absolute atomic E-state index is 0.246. The molecule has 0 bridgehead atoms. The molecule has 1 rings (SSSR count). The molecule has 4 nitrogen and oxygen atoms in total. The number of amides is 1. The Morgan fingerprint density at radius 2 is 2.45 bits per heavy atom. The van der Waals surface area contributed by atoms with E-state index in [1.54, 1.807) is 12.1 Å². The topological polar surface area (TPSA) is 51.2 Å². The Morgan fingerprint density at radius 1 is 1.64 bits per heavy atom. The summed E-state index contributed by atoms with van der Waals surface area (Å²) in [5, 5.41) is 2.04. The van der Waals surface area contributed by atoms with Crippen LogP contribution in [0.1, 0.15) is 0 Å². The molecular weight excluding hydrogens is 151 g/mol. The molecule has 0 unspecified atom stereocenters. The average molecular weight is 156 g/mol. The molecule has 1 aromatic rings. The van der Waals surface area contributed by atoms with Crippen LogP contribution >= 0.6 is 0 Å². The number of nitrogens with zero attached hydrogens (tertiary/aromatic N) is 1. The normalized spacial score (nSPS) is 8.82. The lowest BCUT2D eigenvalue weighted by atomic mass is 10.5. The highest BCUT2D eigenvalue weighted by Gasteiger charge is 2.01. The van der Waals surface area contributed by atoms with Crippen molar-refractivity contribution in [2.45, 2.75) is 0 Å². The number of hydrogen-bond acceptors (Lipinski definition) is 3. The molecule has 58 valence electrons. The van der Waals surface area contributed by atoms with E-state index in [0.29, 0.717) is 0 Å². The second-order valence-corrected chi connectivity index (χ2v) is 1.70. The van der Waals surface area contributed by atoms with Crippen LogP contribution in [0.3, 0.4) is 0 Å². The average Bonchev–Trinajstić information content (AvgIpc) is 2.06. The van der Waals surface area contributed by atoms with Crippen LogP contribution in [0.2, 0.25) is 0 Å². The summed E-state index contributed by atoms with van der Waals surface area (Å²) >= 11 is 0. The van der Waals surface area contributed by atoms with Gasteiger partial charge in [0.05, 0.1) is 0 Å². The van der Waals surface area contributed by atoms with Crippen LogP contribution in [0, 0.1) is 0 Å². The minimum Gasteiger partial charge on any atom is -0.273 e. The quantitative estimate of drug-likeness (QED) is 0.670. The third kappa shape index (κ3) is 2.21. The summed E-state index contributed by atoms with van der Waals surface area (Å²) in [5.74, 6) is 0.246. The predicted molar refractivity (Wildman–Crippen MR) is 35.4 cm³/mol. The number of aromatic nitrogens is 1. The number of halogens is 1. The molecule has 0 aliphatic carbocycles. The Hall–Kier alpha value is -1.65. The summed E-state index contributed by atoms with van der Waals surface area (Å²) in [5.41, 5.74) is 0. The van der Waals surface area contributed by atoms with Gasteiger partial charge in [0, 0.05) is 10.7 Å². The second-order valence-electron chi connectivity index (χ2n) is 1.70. The largest absolute Gasteiger partial charge is 0.450 e. The maximum atomic E-state index is 11.1. The van der Waals surface area contributed by atoms with E-state index in [1.807, 2.05) is 5.32 Å². The summed E-state index contributed by atoms with van der Waals surface area (Å²) in [6, 6.07) is 4.84. The SMILES string of the molecule is O=C(Nc1ccccn1)OF. The van der Waals surface area contributed by atoms with Gasteiger partial charge in [0.1, 0.15) is 5.82 Å². The highest BCUT2D eigenvalue weighted by atomic mass is 19.3. The number of pyridine rings is 1. The first kappa shape index (κ1) is 7.46. The molecule has 0 saturated carbocycles. The first-order chi connectivity index (χ1) is 5.33. The highest BCUT2D eigenvalue weighted by molar-refractivity contribution is 5.82. The van der Waals surface area contributed by atoms with Gasteiger partial charge in [-0.3, -0.25) is 5.32 Å². The van der Waals surface area contributed by atoms with E-state index in [2.05, 4.69) is 9.93 Å². The summed E-state index contributed by atoms with van der Waals surface area (Å²) in [7, 11) is 0. The van der Waals surface area contributed by atoms with E-state index in [9.17, 15) is 9.32 Å². The van der Waals surface area contributed by atoms with Crippen molar-refractivity contribution in [2.24, 2.45) is 0 Å². The number of rotatable bonds is 1. The van der Waals surface area contributed by atoms with E-state index in [0.717, 1.165) is 0 Å². The van der Waals surface area contributed by atoms with Gasteiger partial charge < -0.3 is 0 Å². The van der Waals surface area contributed by atoms with Gasteiger partial charge in [-0.2, -0.15) is 0 Å². The number of carbonyl (C=O) groups is 1. The Kier molecular flexibility index (Phi) is 2.37. The molecule has 5 heteroatoms. The molecule has 0 aliphatic rings. The maximum absolute atomic E-state index is 11.1. The smallest absolute Gasteiger partial charge is 0.273 e. The van der Waals surface area contributed by atoms with E-state index in [-0.39, 0.29) is 5.82 Å². The Bertz CT molecular complexity index is 240. The van der Waals surface area contributed by atoms with Crippen LogP contribution in [0.25, 0.3) is 0 Å². The number of carbonyl (C=O) groups excluding carboxylic acids is 1. The molecule has 0 saturated heterocycles. The lowest BCUT2D eigenvalue weighted by Gasteiger charge is -1.96. The van der Waals surface area contributed by atoms with Gasteiger partial charge in [-0.25, -0.2) is 14.7 Å².